The summed E-state index contributed by atoms with van der Waals surface area (Å²) in [6, 6.07) is 7.06. The third kappa shape index (κ3) is 4.50. The van der Waals surface area contributed by atoms with E-state index in [2.05, 4.69) is 15.5 Å². The van der Waals surface area contributed by atoms with Crippen LogP contribution in [0.4, 0.5) is 18.9 Å². The van der Waals surface area contributed by atoms with Crippen LogP contribution < -0.4 is 5.32 Å². The number of aromatic nitrogens is 3. The van der Waals surface area contributed by atoms with Crippen LogP contribution in [0.1, 0.15) is 12.5 Å². The molecule has 0 bridgehead atoms. The van der Waals surface area contributed by atoms with Gasteiger partial charge in [0.1, 0.15) is 0 Å². The molecule has 1 amide bonds. The molecule has 1 aromatic carbocycles. The van der Waals surface area contributed by atoms with Gasteiger partial charge in [-0.05, 0) is 36.6 Å². The van der Waals surface area contributed by atoms with Gasteiger partial charge >= 0.3 is 6.18 Å². The molecule has 1 unspecified atom stereocenters. The van der Waals surface area contributed by atoms with Crippen LogP contribution in [-0.4, -0.2) is 25.9 Å². The lowest BCUT2D eigenvalue weighted by Gasteiger charge is -2.14. The number of anilines is 1. The van der Waals surface area contributed by atoms with Gasteiger partial charge in [-0.3, -0.25) is 4.79 Å². The third-order valence-electron chi connectivity index (χ3n) is 3.77. The first kappa shape index (κ1) is 20.7. The molecular weight excluding hydrogens is 433 g/mol. The van der Waals surface area contributed by atoms with Crippen molar-refractivity contribution in [3.63, 3.8) is 0 Å². The molecule has 0 aliphatic carbocycles. The molecule has 0 saturated carbocycles. The van der Waals surface area contributed by atoms with Gasteiger partial charge in [0.15, 0.2) is 11.0 Å². The summed E-state index contributed by atoms with van der Waals surface area (Å²) in [6.45, 7) is 1.64. The summed E-state index contributed by atoms with van der Waals surface area (Å²) in [5.41, 5.74) is -0.979. The average Bonchev–Trinajstić information content (AvgIpc) is 3.26. The fourth-order valence-corrected chi connectivity index (χ4v) is 4.10. The molecule has 0 aliphatic heterocycles. The number of carbonyl (C=O) groups is 1. The minimum absolute atomic E-state index is 0.0198. The molecule has 0 saturated heterocycles. The number of nitrogens with zero attached hydrogens (tertiary/aromatic N) is 3. The van der Waals surface area contributed by atoms with E-state index in [9.17, 15) is 18.0 Å². The van der Waals surface area contributed by atoms with Crippen LogP contribution in [0.25, 0.3) is 10.7 Å². The molecule has 3 aromatic rings. The third-order valence-corrected chi connectivity index (χ3v) is 6.10. The van der Waals surface area contributed by atoms with Crippen molar-refractivity contribution in [2.45, 2.75) is 23.5 Å². The maximum Gasteiger partial charge on any atom is 0.417 e. The normalized spacial score (nSPS) is 12.8. The van der Waals surface area contributed by atoms with Gasteiger partial charge in [-0.1, -0.05) is 29.4 Å². The lowest BCUT2D eigenvalue weighted by Crippen LogP contribution is -2.23. The van der Waals surface area contributed by atoms with Crippen molar-refractivity contribution in [2.75, 3.05) is 5.32 Å². The smallest absolute Gasteiger partial charge is 0.325 e. The molecule has 2 heterocycles. The van der Waals surface area contributed by atoms with Crippen LogP contribution in [0.3, 0.4) is 0 Å². The second-order valence-corrected chi connectivity index (χ2v) is 8.45. The van der Waals surface area contributed by atoms with Gasteiger partial charge in [-0.25, -0.2) is 0 Å². The number of thiophene rings is 1. The Bertz CT molecular complexity index is 989. The van der Waals surface area contributed by atoms with Crippen molar-refractivity contribution in [3.05, 3.63) is 46.3 Å². The minimum atomic E-state index is -4.60. The fourth-order valence-electron chi connectivity index (χ4n) is 2.31. The fraction of sp³-hybridized carbons (Fsp3) is 0.235. The van der Waals surface area contributed by atoms with Crippen LogP contribution in [-0.2, 0) is 18.0 Å². The highest BCUT2D eigenvalue weighted by molar-refractivity contribution is 8.00. The van der Waals surface area contributed by atoms with E-state index in [4.69, 9.17) is 11.6 Å². The first-order chi connectivity index (χ1) is 13.2. The van der Waals surface area contributed by atoms with Crippen molar-refractivity contribution >= 4 is 46.3 Å². The number of nitrogens with one attached hydrogen (secondary N) is 1. The Morgan fingerprint density at radius 2 is 2.07 bits per heavy atom. The molecule has 0 radical (unpaired) electrons. The lowest BCUT2D eigenvalue weighted by molar-refractivity contribution is -0.137. The molecule has 0 fully saturated rings. The predicted octanol–water partition coefficient (Wildman–Crippen LogP) is 5.34. The molecule has 5 nitrogen and oxygen atoms in total. The van der Waals surface area contributed by atoms with Crippen molar-refractivity contribution in [2.24, 2.45) is 7.05 Å². The van der Waals surface area contributed by atoms with Gasteiger partial charge in [0.2, 0.25) is 5.91 Å². The number of rotatable bonds is 5. The van der Waals surface area contributed by atoms with Crippen molar-refractivity contribution in [3.8, 4) is 10.7 Å². The molecule has 3 rings (SSSR count). The molecule has 11 heteroatoms. The summed E-state index contributed by atoms with van der Waals surface area (Å²) in [4.78, 5) is 13.4. The molecule has 148 valence electrons. The summed E-state index contributed by atoms with van der Waals surface area (Å²) in [7, 11) is 1.79. The zero-order chi connectivity index (χ0) is 20.5. The predicted molar refractivity (Wildman–Crippen MR) is 105 cm³/mol. The van der Waals surface area contributed by atoms with E-state index < -0.39 is 27.9 Å². The molecular formula is C17H14ClF3N4OS2. The quantitative estimate of drug-likeness (QED) is 0.538. The Labute approximate surface area is 171 Å². The van der Waals surface area contributed by atoms with Gasteiger partial charge < -0.3 is 9.88 Å². The Morgan fingerprint density at radius 3 is 2.71 bits per heavy atom. The van der Waals surface area contributed by atoms with Gasteiger partial charge in [0.05, 0.1) is 20.7 Å². The largest absolute Gasteiger partial charge is 0.417 e. The summed E-state index contributed by atoms with van der Waals surface area (Å²) >= 11 is 8.28. The molecule has 2 aromatic heterocycles. The van der Waals surface area contributed by atoms with Crippen LogP contribution >= 0.6 is 34.7 Å². The van der Waals surface area contributed by atoms with Crippen LogP contribution in [0.2, 0.25) is 5.02 Å². The molecule has 0 aliphatic rings. The maximum absolute atomic E-state index is 13.0. The van der Waals surface area contributed by atoms with Crippen LogP contribution in [0, 0.1) is 0 Å². The summed E-state index contributed by atoms with van der Waals surface area (Å²) in [5, 5.41) is 12.1. The highest BCUT2D eigenvalue weighted by atomic mass is 35.5. The summed E-state index contributed by atoms with van der Waals surface area (Å²) < 4.78 is 40.6. The van der Waals surface area contributed by atoms with E-state index in [1.54, 1.807) is 18.5 Å². The first-order valence-corrected chi connectivity index (χ1v) is 10.1. The molecule has 0 spiro atoms. The number of halogens is 4. The maximum atomic E-state index is 13.0. The number of thioether (sulfide) groups is 1. The number of hydrogen-bond acceptors (Lipinski definition) is 5. The monoisotopic (exact) mass is 446 g/mol. The van der Waals surface area contributed by atoms with E-state index in [-0.39, 0.29) is 5.69 Å². The Morgan fingerprint density at radius 1 is 1.32 bits per heavy atom. The second kappa shape index (κ2) is 8.14. The van der Waals surface area contributed by atoms with E-state index >= 15 is 0 Å². The Balaban J connectivity index is 1.71. The molecule has 1 atom stereocenters. The summed E-state index contributed by atoms with van der Waals surface area (Å²) in [6.07, 6.45) is -4.60. The van der Waals surface area contributed by atoms with Gasteiger partial charge in [-0.15, -0.1) is 21.5 Å². The van der Waals surface area contributed by atoms with E-state index in [1.165, 1.54) is 17.4 Å². The van der Waals surface area contributed by atoms with Crippen molar-refractivity contribution in [1.29, 1.82) is 0 Å². The Hall–Kier alpha value is -2.04. The molecule has 1 N–H and O–H groups in total. The number of hydrogen-bond donors (Lipinski definition) is 1. The highest BCUT2D eigenvalue weighted by Crippen LogP contribution is 2.36. The van der Waals surface area contributed by atoms with Gasteiger partial charge in [0, 0.05) is 12.7 Å². The Kier molecular flexibility index (Phi) is 6.01. The first-order valence-electron chi connectivity index (χ1n) is 7.94. The number of amides is 1. The minimum Gasteiger partial charge on any atom is -0.325 e. The van der Waals surface area contributed by atoms with E-state index in [0.717, 1.165) is 28.8 Å². The molecule has 28 heavy (non-hydrogen) atoms. The van der Waals surface area contributed by atoms with E-state index in [1.807, 2.05) is 17.5 Å². The zero-order valence-electron chi connectivity index (χ0n) is 14.6. The second-order valence-electron chi connectivity index (χ2n) is 5.78. The van der Waals surface area contributed by atoms with E-state index in [0.29, 0.717) is 11.0 Å². The average molecular weight is 447 g/mol. The number of carbonyl (C=O) groups excluding carboxylic acids is 1. The number of alkyl halides is 3. The SMILES string of the molecule is CC(Sc1nnc(-c2cccs2)n1C)C(=O)Nc1ccc(Cl)c(C(F)(F)F)c1. The highest BCUT2D eigenvalue weighted by Gasteiger charge is 2.33. The standard InChI is InChI=1S/C17H14ClF3N4OS2/c1-9(28-16-24-23-14(25(16)2)13-4-3-7-27-13)15(26)22-10-5-6-12(18)11(8-10)17(19,20)21/h3-9H,1-2H3,(H,22,26). The zero-order valence-corrected chi connectivity index (χ0v) is 17.0. The van der Waals surface area contributed by atoms with Crippen molar-refractivity contribution in [1.82, 2.24) is 14.8 Å². The van der Waals surface area contributed by atoms with Gasteiger partial charge in [-0.2, -0.15) is 13.2 Å². The van der Waals surface area contributed by atoms with Crippen molar-refractivity contribution < 1.29 is 18.0 Å². The van der Waals surface area contributed by atoms with Gasteiger partial charge in [0.25, 0.3) is 0 Å². The lowest BCUT2D eigenvalue weighted by atomic mass is 10.2. The number of benzene rings is 1. The van der Waals surface area contributed by atoms with Crippen LogP contribution in [0.15, 0.2) is 40.9 Å². The topological polar surface area (TPSA) is 59.8 Å². The van der Waals surface area contributed by atoms with Crippen LogP contribution in [0.5, 0.6) is 0 Å². The summed E-state index contributed by atoms with van der Waals surface area (Å²) in [5.74, 6) is 0.221.